The highest BCUT2D eigenvalue weighted by Gasteiger charge is 2.43. The van der Waals surface area contributed by atoms with E-state index in [1.165, 1.54) is 4.90 Å². The van der Waals surface area contributed by atoms with Crippen molar-refractivity contribution in [1.82, 2.24) is 4.90 Å². The fraction of sp³-hybridized carbons (Fsp3) is 0.655. The number of rotatable bonds is 8. The number of carbonyl (C=O) groups is 4. The van der Waals surface area contributed by atoms with Gasteiger partial charge >= 0.3 is 12.1 Å². The Morgan fingerprint density at radius 2 is 1.82 bits per heavy atom. The SMILES string of the molecule is COCCCN1C(=O)C(C)(C)Oc2ccc(N(C(=O)C3CC(C(=O)O)CN(C(=O)OC(C)(C)C)C3)C(C)C)cc21. The second-order valence-corrected chi connectivity index (χ2v) is 12.2. The molecule has 0 saturated carbocycles. The van der Waals surface area contributed by atoms with E-state index in [1.807, 2.05) is 13.8 Å². The monoisotopic (exact) mass is 561 g/mol. The lowest BCUT2D eigenvalue weighted by atomic mass is 9.88. The van der Waals surface area contributed by atoms with Gasteiger partial charge < -0.3 is 34.0 Å². The van der Waals surface area contributed by atoms with E-state index in [0.29, 0.717) is 36.7 Å². The van der Waals surface area contributed by atoms with Gasteiger partial charge in [0, 0.05) is 45.1 Å². The van der Waals surface area contributed by atoms with Crippen molar-refractivity contribution < 1.29 is 38.5 Å². The summed E-state index contributed by atoms with van der Waals surface area (Å²) in [5, 5.41) is 9.79. The second-order valence-electron chi connectivity index (χ2n) is 12.2. The zero-order valence-corrected chi connectivity index (χ0v) is 24.9. The number of benzene rings is 1. The molecule has 0 aliphatic carbocycles. The molecule has 2 heterocycles. The summed E-state index contributed by atoms with van der Waals surface area (Å²) < 4.78 is 16.7. The third-order valence-corrected chi connectivity index (χ3v) is 6.92. The number of methoxy groups -OCH3 is 1. The molecule has 2 aliphatic rings. The summed E-state index contributed by atoms with van der Waals surface area (Å²) in [6.45, 7) is 13.3. The van der Waals surface area contributed by atoms with Crippen molar-refractivity contribution in [2.45, 2.75) is 78.6 Å². The average Bonchev–Trinajstić information content (AvgIpc) is 2.85. The standard InChI is InChI=1S/C29H43N3O8/c1-18(2)32(24(33)19-14-20(25(34)35)17-30(16-19)27(37)40-28(3,4)5)21-10-11-23-22(15-21)31(12-9-13-38-8)26(36)29(6,7)39-23/h10-11,15,18-20H,9,12-14,16-17H2,1-8H3,(H,34,35). The maximum Gasteiger partial charge on any atom is 0.410 e. The zero-order chi connectivity index (χ0) is 30.0. The molecule has 3 amide bonds. The van der Waals surface area contributed by atoms with Crippen LogP contribution in [0.15, 0.2) is 18.2 Å². The normalized spacial score (nSPS) is 20.6. The summed E-state index contributed by atoms with van der Waals surface area (Å²) in [6.07, 6.45) is 0.0697. The molecule has 1 N–H and O–H groups in total. The Balaban J connectivity index is 1.95. The first-order valence-electron chi connectivity index (χ1n) is 13.7. The highest BCUT2D eigenvalue weighted by atomic mass is 16.6. The molecule has 1 saturated heterocycles. The molecule has 2 unspecified atom stereocenters. The molecule has 11 heteroatoms. The molecule has 0 aromatic heterocycles. The topological polar surface area (TPSA) is 126 Å². The van der Waals surface area contributed by atoms with Gasteiger partial charge in [0.25, 0.3) is 5.91 Å². The largest absolute Gasteiger partial charge is 0.481 e. The number of carboxylic acids is 1. The van der Waals surface area contributed by atoms with Gasteiger partial charge in [-0.15, -0.1) is 0 Å². The van der Waals surface area contributed by atoms with Crippen molar-refractivity contribution in [3.63, 3.8) is 0 Å². The predicted molar refractivity (Wildman–Crippen MR) is 150 cm³/mol. The molecule has 2 atom stereocenters. The summed E-state index contributed by atoms with van der Waals surface area (Å²) in [7, 11) is 1.60. The Bertz CT molecular complexity index is 1130. The maximum atomic E-state index is 14.0. The number of carbonyl (C=O) groups excluding carboxylic acids is 3. The fourth-order valence-electron chi connectivity index (χ4n) is 5.10. The molecular weight excluding hydrogens is 518 g/mol. The molecule has 0 bridgehead atoms. The predicted octanol–water partition coefficient (Wildman–Crippen LogP) is 3.93. The van der Waals surface area contributed by atoms with Crippen LogP contribution in [0.3, 0.4) is 0 Å². The Hall–Kier alpha value is -3.34. The van der Waals surface area contributed by atoms with E-state index in [4.69, 9.17) is 14.2 Å². The molecule has 11 nitrogen and oxygen atoms in total. The highest BCUT2D eigenvalue weighted by molar-refractivity contribution is 6.04. The number of likely N-dealkylation sites (tertiary alicyclic amines) is 1. The minimum absolute atomic E-state index is 0.0276. The van der Waals surface area contributed by atoms with Gasteiger partial charge in [-0.3, -0.25) is 14.4 Å². The molecule has 1 aromatic carbocycles. The van der Waals surface area contributed by atoms with Crippen LogP contribution in [-0.4, -0.2) is 84.5 Å². The minimum atomic E-state index is -1.07. The fourth-order valence-corrected chi connectivity index (χ4v) is 5.10. The molecular formula is C29H43N3O8. The zero-order valence-electron chi connectivity index (χ0n) is 24.9. The smallest absolute Gasteiger partial charge is 0.410 e. The number of hydrogen-bond donors (Lipinski definition) is 1. The Kier molecular flexibility index (Phi) is 9.39. The summed E-state index contributed by atoms with van der Waals surface area (Å²) in [5.41, 5.74) is -0.705. The van der Waals surface area contributed by atoms with Crippen molar-refractivity contribution >= 4 is 35.3 Å². The van der Waals surface area contributed by atoms with Crippen LogP contribution in [0.25, 0.3) is 0 Å². The first kappa shape index (κ1) is 31.2. The average molecular weight is 562 g/mol. The molecule has 0 radical (unpaired) electrons. The molecule has 40 heavy (non-hydrogen) atoms. The van der Waals surface area contributed by atoms with Crippen LogP contribution in [0.1, 0.15) is 61.3 Å². The summed E-state index contributed by atoms with van der Waals surface area (Å²) in [5.74, 6) is -2.70. The Morgan fingerprint density at radius 1 is 1.18 bits per heavy atom. The van der Waals surface area contributed by atoms with Gasteiger partial charge in [0.15, 0.2) is 5.60 Å². The van der Waals surface area contributed by atoms with Gasteiger partial charge in [0.2, 0.25) is 5.91 Å². The van der Waals surface area contributed by atoms with E-state index >= 15 is 0 Å². The number of aliphatic carboxylic acids is 1. The van der Waals surface area contributed by atoms with E-state index in [2.05, 4.69) is 0 Å². The van der Waals surface area contributed by atoms with E-state index in [0.717, 1.165) is 0 Å². The van der Waals surface area contributed by atoms with Crippen molar-refractivity contribution in [3.05, 3.63) is 18.2 Å². The van der Waals surface area contributed by atoms with Crippen molar-refractivity contribution in [1.29, 1.82) is 0 Å². The number of hydrogen-bond acceptors (Lipinski definition) is 7. The number of piperidine rings is 1. The number of carboxylic acid groups (broad SMARTS) is 1. The quantitative estimate of drug-likeness (QED) is 0.474. The molecule has 1 aromatic rings. The molecule has 222 valence electrons. The lowest BCUT2D eigenvalue weighted by Gasteiger charge is -2.41. The van der Waals surface area contributed by atoms with Gasteiger partial charge in [0.1, 0.15) is 11.4 Å². The molecule has 2 aliphatic heterocycles. The summed E-state index contributed by atoms with van der Waals surface area (Å²) in [6, 6.07) is 4.98. The van der Waals surface area contributed by atoms with E-state index in [-0.39, 0.29) is 37.4 Å². The number of ether oxygens (including phenoxy) is 3. The summed E-state index contributed by atoms with van der Waals surface area (Å²) in [4.78, 5) is 56.7. The van der Waals surface area contributed by atoms with Crippen LogP contribution in [-0.2, 0) is 23.9 Å². The van der Waals surface area contributed by atoms with Crippen LogP contribution < -0.4 is 14.5 Å². The van der Waals surface area contributed by atoms with Crippen molar-refractivity contribution in [3.8, 4) is 5.75 Å². The molecule has 3 rings (SSSR count). The third-order valence-electron chi connectivity index (χ3n) is 6.92. The molecule has 1 fully saturated rings. The van der Waals surface area contributed by atoms with E-state index in [9.17, 15) is 24.3 Å². The van der Waals surface area contributed by atoms with Crippen LogP contribution >= 0.6 is 0 Å². The van der Waals surface area contributed by atoms with Gasteiger partial charge in [0.05, 0.1) is 17.5 Å². The van der Waals surface area contributed by atoms with Crippen molar-refractivity contribution in [2.24, 2.45) is 11.8 Å². The van der Waals surface area contributed by atoms with Gasteiger partial charge in [-0.2, -0.15) is 0 Å². The van der Waals surface area contributed by atoms with Gasteiger partial charge in [-0.05, 0) is 79.5 Å². The minimum Gasteiger partial charge on any atom is -0.481 e. The first-order valence-corrected chi connectivity index (χ1v) is 13.7. The van der Waals surface area contributed by atoms with Gasteiger partial charge in [-0.1, -0.05) is 0 Å². The Morgan fingerprint density at radius 3 is 2.40 bits per heavy atom. The van der Waals surface area contributed by atoms with Gasteiger partial charge in [-0.25, -0.2) is 4.79 Å². The van der Waals surface area contributed by atoms with Crippen LogP contribution in [0.5, 0.6) is 5.75 Å². The van der Waals surface area contributed by atoms with Crippen LogP contribution in [0, 0.1) is 11.8 Å². The number of fused-ring (bicyclic) bond motifs is 1. The lowest BCUT2D eigenvalue weighted by molar-refractivity contribution is -0.145. The number of amides is 3. The summed E-state index contributed by atoms with van der Waals surface area (Å²) >= 11 is 0. The first-order chi connectivity index (χ1) is 18.6. The van der Waals surface area contributed by atoms with E-state index < -0.39 is 35.1 Å². The number of anilines is 2. The lowest BCUT2D eigenvalue weighted by Crippen LogP contribution is -2.53. The third kappa shape index (κ3) is 7.04. The van der Waals surface area contributed by atoms with Crippen LogP contribution in [0.2, 0.25) is 0 Å². The maximum absolute atomic E-state index is 14.0. The molecule has 0 spiro atoms. The van der Waals surface area contributed by atoms with E-state index in [1.54, 1.807) is 69.7 Å². The van der Waals surface area contributed by atoms with Crippen LogP contribution in [0.4, 0.5) is 16.2 Å². The highest BCUT2D eigenvalue weighted by Crippen LogP contribution is 2.41. The second kappa shape index (κ2) is 12.0. The Labute approximate surface area is 236 Å². The van der Waals surface area contributed by atoms with Crippen molar-refractivity contribution in [2.75, 3.05) is 43.2 Å². The number of nitrogens with zero attached hydrogens (tertiary/aromatic N) is 3.